The van der Waals surface area contributed by atoms with Gasteiger partial charge in [-0.25, -0.2) is 10.2 Å². The maximum atomic E-state index is 12.4. The standard InChI is InChI=1S/C22H18BrN3O4/c1-14-5-7-16(8-6-14)22(28)30-20-18(23)10-15(11-19(20)29-2)12-25-26-21(27)17-4-3-9-24-13-17/h3-13H,1-2H3,(H,26,27)/b25-12+. The first-order valence-corrected chi connectivity index (χ1v) is 9.67. The van der Waals surface area contributed by atoms with Crippen molar-refractivity contribution in [3.8, 4) is 11.5 Å². The van der Waals surface area contributed by atoms with Crippen LogP contribution in [0.2, 0.25) is 0 Å². The van der Waals surface area contributed by atoms with Crippen molar-refractivity contribution in [1.29, 1.82) is 0 Å². The maximum Gasteiger partial charge on any atom is 0.343 e. The summed E-state index contributed by atoms with van der Waals surface area (Å²) >= 11 is 3.39. The van der Waals surface area contributed by atoms with E-state index in [0.717, 1.165) is 5.56 Å². The quantitative estimate of drug-likeness (QED) is 0.254. The second-order valence-corrected chi connectivity index (χ2v) is 7.08. The average Bonchev–Trinajstić information content (AvgIpc) is 2.76. The first-order chi connectivity index (χ1) is 14.5. The van der Waals surface area contributed by atoms with Crippen LogP contribution in [0.3, 0.4) is 0 Å². The molecule has 1 N–H and O–H groups in total. The van der Waals surface area contributed by atoms with Gasteiger partial charge in [-0.3, -0.25) is 9.78 Å². The number of hydrazone groups is 1. The zero-order chi connectivity index (χ0) is 21.5. The van der Waals surface area contributed by atoms with Gasteiger partial charge in [0, 0.05) is 12.4 Å². The number of pyridine rings is 1. The van der Waals surface area contributed by atoms with Crippen LogP contribution in [0.4, 0.5) is 0 Å². The Labute approximate surface area is 181 Å². The fourth-order valence-electron chi connectivity index (χ4n) is 2.48. The number of carbonyl (C=O) groups excluding carboxylic acids is 2. The molecule has 3 aromatic rings. The normalized spacial score (nSPS) is 10.6. The predicted molar refractivity (Wildman–Crippen MR) is 116 cm³/mol. The summed E-state index contributed by atoms with van der Waals surface area (Å²) in [5, 5.41) is 3.94. The molecule has 0 bridgehead atoms. The third kappa shape index (κ3) is 5.30. The monoisotopic (exact) mass is 467 g/mol. The van der Waals surface area contributed by atoms with E-state index in [1.807, 2.05) is 19.1 Å². The number of hydrogen-bond acceptors (Lipinski definition) is 6. The van der Waals surface area contributed by atoms with E-state index in [-0.39, 0.29) is 11.7 Å². The van der Waals surface area contributed by atoms with Crippen LogP contribution in [-0.2, 0) is 0 Å². The Balaban J connectivity index is 1.74. The molecule has 2 aromatic carbocycles. The Morgan fingerprint density at radius 3 is 2.57 bits per heavy atom. The molecule has 0 aliphatic heterocycles. The van der Waals surface area contributed by atoms with E-state index in [4.69, 9.17) is 9.47 Å². The highest BCUT2D eigenvalue weighted by Gasteiger charge is 2.16. The molecule has 30 heavy (non-hydrogen) atoms. The highest BCUT2D eigenvalue weighted by Crippen LogP contribution is 2.36. The minimum absolute atomic E-state index is 0.250. The fourth-order valence-corrected chi connectivity index (χ4v) is 3.02. The topological polar surface area (TPSA) is 89.9 Å². The Morgan fingerprint density at radius 2 is 1.90 bits per heavy atom. The number of nitrogens with zero attached hydrogens (tertiary/aromatic N) is 2. The summed E-state index contributed by atoms with van der Waals surface area (Å²) in [5.74, 6) is -0.294. The van der Waals surface area contributed by atoms with E-state index < -0.39 is 5.97 Å². The van der Waals surface area contributed by atoms with E-state index in [9.17, 15) is 9.59 Å². The van der Waals surface area contributed by atoms with Gasteiger partial charge in [-0.15, -0.1) is 0 Å². The molecule has 1 aromatic heterocycles. The van der Waals surface area contributed by atoms with Gasteiger partial charge < -0.3 is 9.47 Å². The lowest BCUT2D eigenvalue weighted by atomic mass is 10.1. The lowest BCUT2D eigenvalue weighted by Gasteiger charge is -2.12. The number of nitrogens with one attached hydrogen (secondary N) is 1. The molecule has 152 valence electrons. The third-order valence-corrected chi connectivity index (χ3v) is 4.63. The van der Waals surface area contributed by atoms with Crippen LogP contribution in [0.25, 0.3) is 0 Å². The summed E-state index contributed by atoms with van der Waals surface area (Å²) in [7, 11) is 1.47. The van der Waals surface area contributed by atoms with Gasteiger partial charge in [-0.05, 0) is 64.8 Å². The van der Waals surface area contributed by atoms with Crippen molar-refractivity contribution >= 4 is 34.0 Å². The summed E-state index contributed by atoms with van der Waals surface area (Å²) in [6, 6.07) is 13.7. The van der Waals surface area contributed by atoms with E-state index in [2.05, 4.69) is 31.4 Å². The molecule has 0 radical (unpaired) electrons. The third-order valence-electron chi connectivity index (χ3n) is 4.04. The van der Waals surface area contributed by atoms with E-state index >= 15 is 0 Å². The zero-order valence-electron chi connectivity index (χ0n) is 16.3. The second-order valence-electron chi connectivity index (χ2n) is 6.23. The van der Waals surface area contributed by atoms with E-state index in [1.165, 1.54) is 19.5 Å². The summed E-state index contributed by atoms with van der Waals surface area (Å²) < 4.78 is 11.4. The molecule has 0 atom stereocenters. The van der Waals surface area contributed by atoms with Gasteiger partial charge in [0.05, 0.1) is 28.9 Å². The van der Waals surface area contributed by atoms with Crippen LogP contribution >= 0.6 is 15.9 Å². The molecule has 0 saturated carbocycles. The molecule has 0 spiro atoms. The van der Waals surface area contributed by atoms with Gasteiger partial charge in [-0.2, -0.15) is 5.10 Å². The number of aromatic nitrogens is 1. The number of esters is 1. The van der Waals surface area contributed by atoms with Crippen LogP contribution in [0, 0.1) is 6.92 Å². The molecule has 7 nitrogen and oxygen atoms in total. The van der Waals surface area contributed by atoms with Crippen LogP contribution in [0.15, 0.2) is 70.5 Å². The van der Waals surface area contributed by atoms with Crippen molar-refractivity contribution in [1.82, 2.24) is 10.4 Å². The van der Waals surface area contributed by atoms with Crippen LogP contribution in [0.5, 0.6) is 11.5 Å². The SMILES string of the molecule is COc1cc(/C=N/NC(=O)c2cccnc2)cc(Br)c1OC(=O)c1ccc(C)cc1. The Bertz CT molecular complexity index is 1080. The van der Waals surface area contributed by atoms with Crippen LogP contribution in [-0.4, -0.2) is 30.2 Å². The van der Waals surface area contributed by atoms with Gasteiger partial charge in [-0.1, -0.05) is 17.7 Å². The maximum absolute atomic E-state index is 12.4. The fraction of sp³-hybridized carbons (Fsp3) is 0.0909. The molecule has 3 rings (SSSR count). The molecular formula is C22H18BrN3O4. The predicted octanol–water partition coefficient (Wildman–Crippen LogP) is 4.14. The molecule has 0 aliphatic carbocycles. The lowest BCUT2D eigenvalue weighted by molar-refractivity contribution is 0.0728. The molecule has 0 aliphatic rings. The number of ether oxygens (including phenoxy) is 2. The molecule has 1 amide bonds. The van der Waals surface area contributed by atoms with Crippen molar-refractivity contribution in [2.24, 2.45) is 5.10 Å². The summed E-state index contributed by atoms with van der Waals surface area (Å²) in [6.07, 6.45) is 4.48. The molecule has 0 unspecified atom stereocenters. The Kier molecular flexibility index (Phi) is 6.92. The lowest BCUT2D eigenvalue weighted by Crippen LogP contribution is -2.17. The molecular weight excluding hydrogens is 450 g/mol. The molecule has 8 heteroatoms. The minimum Gasteiger partial charge on any atom is -0.493 e. The highest BCUT2D eigenvalue weighted by molar-refractivity contribution is 9.10. The van der Waals surface area contributed by atoms with Crippen molar-refractivity contribution in [2.75, 3.05) is 7.11 Å². The van der Waals surface area contributed by atoms with E-state index in [0.29, 0.717) is 26.9 Å². The van der Waals surface area contributed by atoms with Gasteiger partial charge in [0.2, 0.25) is 0 Å². The van der Waals surface area contributed by atoms with Gasteiger partial charge in [0.15, 0.2) is 11.5 Å². The number of rotatable bonds is 6. The molecule has 1 heterocycles. The summed E-state index contributed by atoms with van der Waals surface area (Å²) in [4.78, 5) is 28.3. The van der Waals surface area contributed by atoms with Crippen LogP contribution in [0.1, 0.15) is 31.8 Å². The van der Waals surface area contributed by atoms with Crippen molar-refractivity contribution < 1.29 is 19.1 Å². The van der Waals surface area contributed by atoms with Gasteiger partial charge in [0.25, 0.3) is 5.91 Å². The largest absolute Gasteiger partial charge is 0.493 e. The average molecular weight is 468 g/mol. The number of carbonyl (C=O) groups is 2. The second kappa shape index (κ2) is 9.80. The van der Waals surface area contributed by atoms with E-state index in [1.54, 1.807) is 42.6 Å². The van der Waals surface area contributed by atoms with Crippen molar-refractivity contribution in [3.05, 3.63) is 87.7 Å². The van der Waals surface area contributed by atoms with Crippen molar-refractivity contribution in [3.63, 3.8) is 0 Å². The number of halogens is 1. The van der Waals surface area contributed by atoms with Crippen LogP contribution < -0.4 is 14.9 Å². The Morgan fingerprint density at radius 1 is 1.13 bits per heavy atom. The summed E-state index contributed by atoms with van der Waals surface area (Å²) in [5.41, 5.74) is 4.92. The molecule has 0 saturated heterocycles. The number of aryl methyl sites for hydroxylation is 1. The Hall–Kier alpha value is -3.52. The van der Waals surface area contributed by atoms with Gasteiger partial charge >= 0.3 is 5.97 Å². The number of methoxy groups -OCH3 is 1. The number of amides is 1. The first kappa shape index (κ1) is 21.2. The number of hydrogen-bond donors (Lipinski definition) is 1. The summed E-state index contributed by atoms with van der Waals surface area (Å²) in [6.45, 7) is 1.94. The highest BCUT2D eigenvalue weighted by atomic mass is 79.9. The smallest absolute Gasteiger partial charge is 0.343 e. The van der Waals surface area contributed by atoms with Gasteiger partial charge in [0.1, 0.15) is 0 Å². The minimum atomic E-state index is -0.501. The van der Waals surface area contributed by atoms with Crippen molar-refractivity contribution in [2.45, 2.75) is 6.92 Å². The molecule has 0 fully saturated rings. The zero-order valence-corrected chi connectivity index (χ0v) is 17.8. The number of benzene rings is 2. The first-order valence-electron chi connectivity index (χ1n) is 8.87.